The van der Waals surface area contributed by atoms with Crippen molar-refractivity contribution in [3.63, 3.8) is 0 Å². The molecule has 0 fully saturated rings. The molecule has 0 unspecified atom stereocenters. The summed E-state index contributed by atoms with van der Waals surface area (Å²) in [6.45, 7) is 0.663. The van der Waals surface area contributed by atoms with Gasteiger partial charge in [0, 0.05) is 5.02 Å². The zero-order chi connectivity index (χ0) is 16.2. The maximum atomic E-state index is 12.1. The zero-order valence-electron chi connectivity index (χ0n) is 12.1. The average Bonchev–Trinajstić information content (AvgIpc) is 3.18. The molecule has 3 aromatic rings. The molecule has 0 aliphatic carbocycles. The first-order valence-electron chi connectivity index (χ1n) is 6.87. The van der Waals surface area contributed by atoms with E-state index in [1.165, 1.54) is 10.9 Å². The van der Waals surface area contributed by atoms with Gasteiger partial charge in [0.2, 0.25) is 0 Å². The number of nitrogens with one attached hydrogen (secondary N) is 1. The summed E-state index contributed by atoms with van der Waals surface area (Å²) in [4.78, 5) is 12.1. The molecule has 0 radical (unpaired) electrons. The summed E-state index contributed by atoms with van der Waals surface area (Å²) in [5.74, 6) is 0.448. The van der Waals surface area contributed by atoms with Crippen LogP contribution in [-0.2, 0) is 13.1 Å². The molecule has 7 nitrogen and oxygen atoms in total. The van der Waals surface area contributed by atoms with E-state index in [-0.39, 0.29) is 18.1 Å². The highest BCUT2D eigenvalue weighted by Crippen LogP contribution is 2.14. The lowest BCUT2D eigenvalue weighted by molar-refractivity contribution is 0.0944. The van der Waals surface area contributed by atoms with Crippen LogP contribution in [0.4, 0.5) is 5.82 Å². The van der Waals surface area contributed by atoms with E-state index >= 15 is 0 Å². The third kappa shape index (κ3) is 3.51. The number of amides is 1. The lowest BCUT2D eigenvalue weighted by Gasteiger charge is -2.04. The lowest BCUT2D eigenvalue weighted by Crippen LogP contribution is -2.24. The molecule has 1 amide bonds. The van der Waals surface area contributed by atoms with Crippen LogP contribution >= 0.6 is 11.6 Å². The fourth-order valence-corrected chi connectivity index (χ4v) is 2.15. The van der Waals surface area contributed by atoms with Crippen LogP contribution in [0.5, 0.6) is 0 Å². The molecule has 0 spiro atoms. The Morgan fingerprint density at radius 1 is 1.30 bits per heavy atom. The number of anilines is 1. The highest BCUT2D eigenvalue weighted by Gasteiger charge is 2.17. The number of carbonyl (C=O) groups excluding carboxylic acids is 1. The molecule has 3 N–H and O–H groups in total. The number of hydrogen-bond donors (Lipinski definition) is 2. The van der Waals surface area contributed by atoms with E-state index in [1.54, 1.807) is 24.3 Å². The Labute approximate surface area is 137 Å². The number of carbonyl (C=O) groups is 1. The standard InChI is InChI=1S/C15H14ClN5O2/c16-11-5-3-10(4-6-11)9-21-14(17)13(19-20-21)15(22)18-8-12-2-1-7-23-12/h1-7H,8-9,17H2,(H,18,22). The van der Waals surface area contributed by atoms with E-state index in [0.29, 0.717) is 17.3 Å². The summed E-state index contributed by atoms with van der Waals surface area (Å²) in [6, 6.07) is 10.8. The van der Waals surface area contributed by atoms with Gasteiger partial charge in [0.15, 0.2) is 11.5 Å². The van der Waals surface area contributed by atoms with E-state index in [9.17, 15) is 4.79 Å². The molecule has 0 aliphatic heterocycles. The molecule has 0 saturated carbocycles. The molecule has 3 rings (SSSR count). The Morgan fingerprint density at radius 2 is 2.09 bits per heavy atom. The minimum absolute atomic E-state index is 0.0884. The van der Waals surface area contributed by atoms with Gasteiger partial charge in [-0.15, -0.1) is 5.10 Å². The fraction of sp³-hybridized carbons (Fsp3) is 0.133. The Hall–Kier alpha value is -2.80. The van der Waals surface area contributed by atoms with Gasteiger partial charge in [-0.2, -0.15) is 0 Å². The quantitative estimate of drug-likeness (QED) is 0.745. The van der Waals surface area contributed by atoms with Gasteiger partial charge >= 0.3 is 0 Å². The van der Waals surface area contributed by atoms with Crippen LogP contribution < -0.4 is 11.1 Å². The molecule has 2 heterocycles. The summed E-state index contributed by atoms with van der Waals surface area (Å²) in [5.41, 5.74) is 7.00. The molecule has 118 valence electrons. The maximum Gasteiger partial charge on any atom is 0.276 e. The van der Waals surface area contributed by atoms with E-state index in [2.05, 4.69) is 15.6 Å². The smallest absolute Gasteiger partial charge is 0.276 e. The second-order valence-electron chi connectivity index (χ2n) is 4.87. The Kier molecular flexibility index (Phi) is 4.29. The monoisotopic (exact) mass is 331 g/mol. The van der Waals surface area contributed by atoms with E-state index < -0.39 is 5.91 Å². The number of rotatable bonds is 5. The van der Waals surface area contributed by atoms with Gasteiger partial charge < -0.3 is 15.5 Å². The van der Waals surface area contributed by atoms with Gasteiger partial charge in [-0.3, -0.25) is 4.79 Å². The third-order valence-electron chi connectivity index (χ3n) is 3.24. The number of aromatic nitrogens is 3. The average molecular weight is 332 g/mol. The van der Waals surface area contributed by atoms with Crippen LogP contribution in [0.1, 0.15) is 21.8 Å². The SMILES string of the molecule is Nc1c(C(=O)NCc2ccco2)nnn1Cc1ccc(Cl)cc1. The molecule has 1 aromatic carbocycles. The number of nitrogens with zero attached hydrogens (tertiary/aromatic N) is 3. The molecule has 0 atom stereocenters. The summed E-state index contributed by atoms with van der Waals surface area (Å²) in [5, 5.41) is 11.1. The molecule has 0 aliphatic rings. The maximum absolute atomic E-state index is 12.1. The number of benzene rings is 1. The van der Waals surface area contributed by atoms with Crippen molar-refractivity contribution in [1.82, 2.24) is 20.3 Å². The van der Waals surface area contributed by atoms with Crippen LogP contribution in [0.25, 0.3) is 0 Å². The molecular formula is C15H14ClN5O2. The minimum atomic E-state index is -0.402. The van der Waals surface area contributed by atoms with Crippen molar-refractivity contribution in [2.24, 2.45) is 0 Å². The Bertz CT molecular complexity index is 796. The first kappa shape index (κ1) is 15.1. The van der Waals surface area contributed by atoms with Gasteiger partial charge in [0.25, 0.3) is 5.91 Å². The molecule has 2 aromatic heterocycles. The Morgan fingerprint density at radius 3 is 2.78 bits per heavy atom. The van der Waals surface area contributed by atoms with Crippen LogP contribution in [0, 0.1) is 0 Å². The summed E-state index contributed by atoms with van der Waals surface area (Å²) >= 11 is 5.85. The number of nitrogens with two attached hydrogens (primary N) is 1. The van der Waals surface area contributed by atoms with Crippen molar-refractivity contribution in [1.29, 1.82) is 0 Å². The Balaban J connectivity index is 1.68. The van der Waals surface area contributed by atoms with Crippen LogP contribution in [0.3, 0.4) is 0 Å². The fourth-order valence-electron chi connectivity index (χ4n) is 2.03. The number of nitrogen functional groups attached to an aromatic ring is 1. The molecule has 0 saturated heterocycles. The van der Waals surface area contributed by atoms with Crippen molar-refractivity contribution < 1.29 is 9.21 Å². The first-order chi connectivity index (χ1) is 11.1. The predicted octanol–water partition coefficient (Wildman–Crippen LogP) is 2.08. The third-order valence-corrected chi connectivity index (χ3v) is 3.49. The topological polar surface area (TPSA) is 99.0 Å². The van der Waals surface area contributed by atoms with E-state index in [0.717, 1.165) is 5.56 Å². The lowest BCUT2D eigenvalue weighted by atomic mass is 10.2. The van der Waals surface area contributed by atoms with Crippen LogP contribution in [0.2, 0.25) is 5.02 Å². The van der Waals surface area contributed by atoms with Crippen molar-refractivity contribution >= 4 is 23.3 Å². The first-order valence-corrected chi connectivity index (χ1v) is 7.25. The van der Waals surface area contributed by atoms with E-state index in [4.69, 9.17) is 21.8 Å². The van der Waals surface area contributed by atoms with Crippen molar-refractivity contribution in [2.45, 2.75) is 13.1 Å². The van der Waals surface area contributed by atoms with Crippen molar-refractivity contribution in [2.75, 3.05) is 5.73 Å². The summed E-state index contributed by atoms with van der Waals surface area (Å²) in [7, 11) is 0. The highest BCUT2D eigenvalue weighted by atomic mass is 35.5. The second-order valence-corrected chi connectivity index (χ2v) is 5.31. The molecule has 8 heteroatoms. The van der Waals surface area contributed by atoms with Crippen molar-refractivity contribution in [3.05, 3.63) is 64.7 Å². The van der Waals surface area contributed by atoms with Gasteiger partial charge in [0.1, 0.15) is 5.76 Å². The second kappa shape index (κ2) is 6.53. The number of furan rings is 1. The van der Waals surface area contributed by atoms with Gasteiger partial charge in [-0.25, -0.2) is 4.68 Å². The van der Waals surface area contributed by atoms with Crippen molar-refractivity contribution in [3.8, 4) is 0 Å². The van der Waals surface area contributed by atoms with Gasteiger partial charge in [-0.05, 0) is 29.8 Å². The van der Waals surface area contributed by atoms with Gasteiger partial charge in [0.05, 0.1) is 19.4 Å². The summed E-state index contributed by atoms with van der Waals surface area (Å²) in [6.07, 6.45) is 1.54. The normalized spacial score (nSPS) is 10.7. The van der Waals surface area contributed by atoms with Crippen LogP contribution in [-0.4, -0.2) is 20.9 Å². The highest BCUT2D eigenvalue weighted by molar-refractivity contribution is 6.30. The largest absolute Gasteiger partial charge is 0.467 e. The molecule has 0 bridgehead atoms. The van der Waals surface area contributed by atoms with Gasteiger partial charge in [-0.1, -0.05) is 28.9 Å². The summed E-state index contributed by atoms with van der Waals surface area (Å²) < 4.78 is 6.61. The zero-order valence-corrected chi connectivity index (χ0v) is 12.8. The molecular weight excluding hydrogens is 318 g/mol. The number of halogens is 1. The van der Waals surface area contributed by atoms with Crippen LogP contribution in [0.15, 0.2) is 47.1 Å². The number of hydrogen-bond acceptors (Lipinski definition) is 5. The predicted molar refractivity (Wildman–Crippen MR) is 84.9 cm³/mol. The molecule has 23 heavy (non-hydrogen) atoms. The van der Waals surface area contributed by atoms with E-state index in [1.807, 2.05) is 12.1 Å². The minimum Gasteiger partial charge on any atom is -0.467 e.